The van der Waals surface area contributed by atoms with Gasteiger partial charge in [0.25, 0.3) is 0 Å². The number of aryl methyl sites for hydroxylation is 1. The number of hydrogen-bond acceptors (Lipinski definition) is 3. The van der Waals surface area contributed by atoms with E-state index in [9.17, 15) is 9.59 Å². The third-order valence-electron chi connectivity index (χ3n) is 4.98. The monoisotopic (exact) mass is 494 g/mol. The summed E-state index contributed by atoms with van der Waals surface area (Å²) in [6, 6.07) is 13.0. The van der Waals surface area contributed by atoms with Crippen molar-refractivity contribution in [2.75, 3.05) is 12.3 Å². The van der Waals surface area contributed by atoms with Gasteiger partial charge in [-0.3, -0.25) is 9.59 Å². The zero-order chi connectivity index (χ0) is 23.7. The maximum Gasteiger partial charge on any atom is 0.242 e. The molecule has 2 aromatic rings. The number of halogens is 2. The van der Waals surface area contributed by atoms with Gasteiger partial charge in [-0.1, -0.05) is 79.9 Å². The average Bonchev–Trinajstić information content (AvgIpc) is 2.74. The summed E-state index contributed by atoms with van der Waals surface area (Å²) in [5.74, 6) is 1.11. The predicted octanol–water partition coefficient (Wildman–Crippen LogP) is 6.11. The molecule has 0 heterocycles. The fraction of sp³-hybridized carbons (Fsp3) is 0.440. The van der Waals surface area contributed by atoms with Gasteiger partial charge >= 0.3 is 0 Å². The Kier molecular flexibility index (Phi) is 10.9. The maximum absolute atomic E-state index is 13.3. The molecule has 32 heavy (non-hydrogen) atoms. The van der Waals surface area contributed by atoms with Gasteiger partial charge in [0, 0.05) is 18.8 Å². The van der Waals surface area contributed by atoms with Gasteiger partial charge in [-0.2, -0.15) is 0 Å². The van der Waals surface area contributed by atoms with E-state index in [-0.39, 0.29) is 17.6 Å². The summed E-state index contributed by atoms with van der Waals surface area (Å²) in [5, 5.41) is 4.01. The second-order valence-corrected chi connectivity index (χ2v) is 10.1. The molecule has 0 aromatic heterocycles. The smallest absolute Gasteiger partial charge is 0.242 e. The second-order valence-electron chi connectivity index (χ2n) is 8.31. The van der Waals surface area contributed by atoms with Crippen LogP contribution in [-0.4, -0.2) is 35.1 Å². The van der Waals surface area contributed by atoms with Gasteiger partial charge in [0.15, 0.2) is 0 Å². The molecular weight excluding hydrogens is 463 g/mol. The van der Waals surface area contributed by atoms with Crippen LogP contribution in [0.1, 0.15) is 43.9 Å². The Morgan fingerprint density at radius 1 is 1.06 bits per heavy atom. The summed E-state index contributed by atoms with van der Waals surface area (Å²) in [4.78, 5) is 27.9. The molecule has 1 N–H and O–H groups in total. The molecule has 2 rings (SSSR count). The van der Waals surface area contributed by atoms with Gasteiger partial charge < -0.3 is 10.2 Å². The van der Waals surface area contributed by atoms with E-state index in [1.807, 2.05) is 44.2 Å². The molecule has 1 atom stereocenters. The van der Waals surface area contributed by atoms with Gasteiger partial charge in [0.2, 0.25) is 11.8 Å². The van der Waals surface area contributed by atoms with Crippen LogP contribution in [0.5, 0.6) is 0 Å². The Hall–Kier alpha value is -1.69. The van der Waals surface area contributed by atoms with Crippen LogP contribution in [0, 0.1) is 12.8 Å². The number of amides is 2. The highest BCUT2D eigenvalue weighted by atomic mass is 35.5. The van der Waals surface area contributed by atoms with Crippen molar-refractivity contribution >= 4 is 46.8 Å². The van der Waals surface area contributed by atoms with E-state index in [0.29, 0.717) is 41.2 Å². The largest absolute Gasteiger partial charge is 0.354 e. The van der Waals surface area contributed by atoms with Crippen molar-refractivity contribution in [1.82, 2.24) is 10.2 Å². The molecule has 174 valence electrons. The Balaban J connectivity index is 2.12. The van der Waals surface area contributed by atoms with E-state index < -0.39 is 6.04 Å². The molecule has 0 saturated carbocycles. The van der Waals surface area contributed by atoms with Crippen LogP contribution in [0.25, 0.3) is 0 Å². The van der Waals surface area contributed by atoms with Crippen LogP contribution in [0.3, 0.4) is 0 Å². The molecule has 4 nitrogen and oxygen atoms in total. The first kappa shape index (κ1) is 26.6. The fourth-order valence-electron chi connectivity index (χ4n) is 3.32. The van der Waals surface area contributed by atoms with Gasteiger partial charge in [0.05, 0.1) is 15.8 Å². The van der Waals surface area contributed by atoms with E-state index in [4.69, 9.17) is 23.2 Å². The van der Waals surface area contributed by atoms with Crippen molar-refractivity contribution in [3.05, 3.63) is 69.2 Å². The summed E-state index contributed by atoms with van der Waals surface area (Å²) in [6.45, 7) is 9.07. The maximum atomic E-state index is 13.3. The minimum atomic E-state index is -0.507. The molecule has 7 heteroatoms. The van der Waals surface area contributed by atoms with Crippen molar-refractivity contribution in [2.45, 2.75) is 52.5 Å². The fourth-order valence-corrected chi connectivity index (χ4v) is 4.50. The first-order valence-electron chi connectivity index (χ1n) is 10.9. The third-order valence-corrected chi connectivity index (χ3v) is 6.71. The number of carbonyl (C=O) groups is 2. The Labute approximate surface area is 206 Å². The molecule has 0 aliphatic carbocycles. The van der Waals surface area contributed by atoms with E-state index in [2.05, 4.69) is 25.2 Å². The number of benzene rings is 2. The molecule has 0 spiro atoms. The molecule has 0 radical (unpaired) electrons. The highest BCUT2D eigenvalue weighted by Crippen LogP contribution is 2.25. The van der Waals surface area contributed by atoms with Crippen molar-refractivity contribution in [1.29, 1.82) is 0 Å². The number of nitrogens with zero attached hydrogens (tertiary/aromatic N) is 1. The van der Waals surface area contributed by atoms with Gasteiger partial charge in [-0.25, -0.2) is 0 Å². The third kappa shape index (κ3) is 8.34. The van der Waals surface area contributed by atoms with Gasteiger partial charge in [-0.05, 0) is 42.5 Å². The van der Waals surface area contributed by atoms with Crippen LogP contribution < -0.4 is 5.32 Å². The standard InChI is InChI=1S/C25H32Cl2N2O2S/c1-5-23(25(31)28-13-17(2)3)29(14-19-8-6-7-18(4)11-19)24(30)16-32-15-20-9-10-21(26)22(27)12-20/h6-12,17,23H,5,13-16H2,1-4H3,(H,28,31)/t23-/m0/s1. The van der Waals surface area contributed by atoms with E-state index in [1.54, 1.807) is 11.0 Å². The van der Waals surface area contributed by atoms with Gasteiger partial charge in [0.1, 0.15) is 6.04 Å². The molecule has 0 aliphatic rings. The lowest BCUT2D eigenvalue weighted by Gasteiger charge is -2.31. The molecule has 0 fully saturated rings. The molecular formula is C25H32Cl2N2O2S. The lowest BCUT2D eigenvalue weighted by Crippen LogP contribution is -2.50. The highest BCUT2D eigenvalue weighted by Gasteiger charge is 2.28. The lowest BCUT2D eigenvalue weighted by molar-refractivity contribution is -0.139. The number of thioether (sulfide) groups is 1. The van der Waals surface area contributed by atoms with Crippen LogP contribution in [0.4, 0.5) is 0 Å². The number of hydrogen-bond donors (Lipinski definition) is 1. The highest BCUT2D eigenvalue weighted by molar-refractivity contribution is 7.99. The summed E-state index contributed by atoms with van der Waals surface area (Å²) >= 11 is 13.6. The van der Waals surface area contributed by atoms with Crippen molar-refractivity contribution in [3.8, 4) is 0 Å². The number of rotatable bonds is 11. The first-order valence-corrected chi connectivity index (χ1v) is 12.8. The molecule has 0 unspecified atom stereocenters. The summed E-state index contributed by atoms with van der Waals surface area (Å²) in [6.07, 6.45) is 0.555. The molecule has 0 saturated heterocycles. The van der Waals surface area contributed by atoms with Crippen LogP contribution in [-0.2, 0) is 21.9 Å². The quantitative estimate of drug-likeness (QED) is 0.409. The topological polar surface area (TPSA) is 49.4 Å². The van der Waals surface area contributed by atoms with Gasteiger partial charge in [-0.15, -0.1) is 11.8 Å². The minimum absolute atomic E-state index is 0.0527. The van der Waals surface area contributed by atoms with E-state index >= 15 is 0 Å². The van der Waals surface area contributed by atoms with Crippen molar-refractivity contribution < 1.29 is 9.59 Å². The van der Waals surface area contributed by atoms with E-state index in [1.165, 1.54) is 11.8 Å². The summed E-state index contributed by atoms with van der Waals surface area (Å²) < 4.78 is 0. The first-order chi connectivity index (χ1) is 15.2. The summed E-state index contributed by atoms with van der Waals surface area (Å²) in [7, 11) is 0. The minimum Gasteiger partial charge on any atom is -0.354 e. The normalized spacial score (nSPS) is 12.0. The van der Waals surface area contributed by atoms with Crippen molar-refractivity contribution in [3.63, 3.8) is 0 Å². The SMILES string of the molecule is CC[C@@H](C(=O)NCC(C)C)N(Cc1cccc(C)c1)C(=O)CSCc1ccc(Cl)c(Cl)c1. The predicted molar refractivity (Wildman–Crippen MR) is 136 cm³/mol. The zero-order valence-electron chi connectivity index (χ0n) is 19.2. The number of nitrogens with one attached hydrogen (secondary N) is 1. The zero-order valence-corrected chi connectivity index (χ0v) is 21.5. The molecule has 2 amide bonds. The number of carbonyl (C=O) groups excluding carboxylic acids is 2. The van der Waals surface area contributed by atoms with Crippen LogP contribution in [0.15, 0.2) is 42.5 Å². The van der Waals surface area contributed by atoms with Crippen molar-refractivity contribution in [2.24, 2.45) is 5.92 Å². The van der Waals surface area contributed by atoms with Crippen LogP contribution in [0.2, 0.25) is 10.0 Å². The molecule has 0 bridgehead atoms. The summed E-state index contributed by atoms with van der Waals surface area (Å²) in [5.41, 5.74) is 3.15. The Morgan fingerprint density at radius 2 is 1.81 bits per heavy atom. The lowest BCUT2D eigenvalue weighted by atomic mass is 10.1. The Bertz CT molecular complexity index is 921. The average molecular weight is 496 g/mol. The molecule has 0 aliphatic heterocycles. The Morgan fingerprint density at radius 3 is 2.44 bits per heavy atom. The second kappa shape index (κ2) is 13.1. The molecule has 2 aromatic carbocycles. The van der Waals surface area contributed by atoms with Crippen LogP contribution >= 0.6 is 35.0 Å². The van der Waals surface area contributed by atoms with E-state index in [0.717, 1.165) is 16.7 Å².